The Kier molecular flexibility index (Phi) is 3.73. The topological polar surface area (TPSA) is 68.1 Å². The van der Waals surface area contributed by atoms with Gasteiger partial charge in [-0.05, 0) is 43.9 Å². The summed E-state index contributed by atoms with van der Waals surface area (Å²) in [6.45, 7) is 2.19. The maximum Gasteiger partial charge on any atom is 0.295 e. The largest absolute Gasteiger partial charge is 0.382 e. The van der Waals surface area contributed by atoms with Gasteiger partial charge in [-0.2, -0.15) is 0 Å². The molecule has 3 rings (SSSR count). The molecule has 0 amide bonds. The van der Waals surface area contributed by atoms with Crippen molar-refractivity contribution in [2.45, 2.75) is 38.6 Å². The van der Waals surface area contributed by atoms with Gasteiger partial charge >= 0.3 is 0 Å². The summed E-state index contributed by atoms with van der Waals surface area (Å²) in [6, 6.07) is 7.42. The molecular formula is C16H19N3O2. The number of fused-ring (bicyclic) bond motifs is 1. The second kappa shape index (κ2) is 5.68. The maximum atomic E-state index is 11.1. The van der Waals surface area contributed by atoms with Crippen LogP contribution in [0.4, 0.5) is 11.4 Å². The van der Waals surface area contributed by atoms with Crippen LogP contribution in [0.1, 0.15) is 32.6 Å². The minimum atomic E-state index is -0.375. The highest BCUT2D eigenvalue weighted by molar-refractivity contribution is 5.96. The van der Waals surface area contributed by atoms with Crippen molar-refractivity contribution < 1.29 is 4.92 Å². The molecule has 1 heterocycles. The average Bonchev–Trinajstić information content (AvgIpc) is 3.01. The maximum absolute atomic E-state index is 11.1. The van der Waals surface area contributed by atoms with E-state index in [0.29, 0.717) is 17.5 Å². The normalized spacial score (nSPS) is 17.0. The van der Waals surface area contributed by atoms with E-state index >= 15 is 0 Å². The van der Waals surface area contributed by atoms with Crippen molar-refractivity contribution in [3.63, 3.8) is 0 Å². The van der Waals surface area contributed by atoms with Crippen LogP contribution in [0, 0.1) is 16.0 Å². The second-order valence-electron chi connectivity index (χ2n) is 5.77. The molecule has 0 saturated heterocycles. The summed E-state index contributed by atoms with van der Waals surface area (Å²) in [4.78, 5) is 14.9. The molecule has 1 saturated carbocycles. The zero-order valence-corrected chi connectivity index (χ0v) is 12.1. The lowest BCUT2D eigenvalue weighted by molar-refractivity contribution is -0.383. The van der Waals surface area contributed by atoms with E-state index < -0.39 is 0 Å². The molecule has 0 bridgehead atoms. The molecular weight excluding hydrogens is 266 g/mol. The van der Waals surface area contributed by atoms with Gasteiger partial charge in [0.2, 0.25) is 0 Å². The van der Waals surface area contributed by atoms with Crippen molar-refractivity contribution in [2.24, 2.45) is 5.92 Å². The Labute approximate surface area is 123 Å². The van der Waals surface area contributed by atoms with Crippen molar-refractivity contribution in [1.82, 2.24) is 4.98 Å². The molecule has 1 aromatic heterocycles. The van der Waals surface area contributed by atoms with Gasteiger partial charge in [0.25, 0.3) is 5.69 Å². The highest BCUT2D eigenvalue weighted by Gasteiger charge is 2.23. The molecule has 0 radical (unpaired) electrons. The Morgan fingerprint density at radius 2 is 2.10 bits per heavy atom. The van der Waals surface area contributed by atoms with E-state index in [9.17, 15) is 10.1 Å². The van der Waals surface area contributed by atoms with Crippen LogP contribution < -0.4 is 5.32 Å². The number of nitro benzene ring substituents is 1. The fourth-order valence-electron chi connectivity index (χ4n) is 3.25. The lowest BCUT2D eigenvalue weighted by atomic mass is 9.99. The predicted octanol–water partition coefficient (Wildman–Crippen LogP) is 4.13. The lowest BCUT2D eigenvalue weighted by Gasteiger charge is -2.22. The summed E-state index contributed by atoms with van der Waals surface area (Å²) < 4.78 is 0. The summed E-state index contributed by atoms with van der Waals surface area (Å²) in [5, 5.41) is 15.4. The molecule has 5 heteroatoms. The SMILES string of the molecule is CC(Nc1ccc([N+](=O)[O-])c2ncccc12)C1CCCC1. The highest BCUT2D eigenvalue weighted by atomic mass is 16.6. The third-order valence-corrected chi connectivity index (χ3v) is 4.44. The van der Waals surface area contributed by atoms with Crippen molar-refractivity contribution in [3.8, 4) is 0 Å². The van der Waals surface area contributed by atoms with E-state index in [-0.39, 0.29) is 10.6 Å². The van der Waals surface area contributed by atoms with Crippen LogP contribution in [0.5, 0.6) is 0 Å². The molecule has 1 unspecified atom stereocenters. The van der Waals surface area contributed by atoms with Crippen LogP contribution in [-0.2, 0) is 0 Å². The van der Waals surface area contributed by atoms with Crippen LogP contribution in [-0.4, -0.2) is 15.9 Å². The number of nitrogens with zero attached hydrogens (tertiary/aromatic N) is 2. The van der Waals surface area contributed by atoms with E-state index in [4.69, 9.17) is 0 Å². The Hall–Kier alpha value is -2.17. The first kappa shape index (κ1) is 13.8. The number of rotatable bonds is 4. The fourth-order valence-corrected chi connectivity index (χ4v) is 3.25. The first-order valence-corrected chi connectivity index (χ1v) is 7.45. The van der Waals surface area contributed by atoms with Gasteiger partial charge in [0.1, 0.15) is 5.52 Å². The molecule has 21 heavy (non-hydrogen) atoms. The molecule has 1 N–H and O–H groups in total. The highest BCUT2D eigenvalue weighted by Crippen LogP contribution is 2.33. The average molecular weight is 285 g/mol. The van der Waals surface area contributed by atoms with Gasteiger partial charge in [-0.25, -0.2) is 4.98 Å². The monoisotopic (exact) mass is 285 g/mol. The first-order valence-electron chi connectivity index (χ1n) is 7.45. The standard InChI is InChI=1S/C16H19N3O2/c1-11(12-5-2-3-6-12)18-14-8-9-15(19(20)21)16-13(14)7-4-10-17-16/h4,7-12,18H,2-3,5-6H2,1H3. The second-order valence-corrected chi connectivity index (χ2v) is 5.77. The van der Waals surface area contributed by atoms with Gasteiger partial charge in [0.05, 0.1) is 4.92 Å². The van der Waals surface area contributed by atoms with Crippen LogP contribution >= 0.6 is 0 Å². The van der Waals surface area contributed by atoms with Crippen LogP contribution in [0.25, 0.3) is 10.9 Å². The van der Waals surface area contributed by atoms with E-state index in [2.05, 4.69) is 17.2 Å². The molecule has 0 spiro atoms. The van der Waals surface area contributed by atoms with Gasteiger partial charge in [0, 0.05) is 29.4 Å². The van der Waals surface area contributed by atoms with Crippen molar-refractivity contribution in [2.75, 3.05) is 5.32 Å². The predicted molar refractivity (Wildman–Crippen MR) is 83.4 cm³/mol. The third-order valence-electron chi connectivity index (χ3n) is 4.44. The molecule has 2 aromatic rings. The number of benzene rings is 1. The number of aromatic nitrogens is 1. The van der Waals surface area contributed by atoms with Crippen molar-refractivity contribution in [1.29, 1.82) is 0 Å². The molecule has 1 aliphatic rings. The van der Waals surface area contributed by atoms with E-state index in [0.717, 1.165) is 11.1 Å². The molecule has 1 aliphatic carbocycles. The van der Waals surface area contributed by atoms with Gasteiger partial charge in [0.15, 0.2) is 0 Å². The zero-order valence-electron chi connectivity index (χ0n) is 12.1. The first-order chi connectivity index (χ1) is 10.2. The van der Waals surface area contributed by atoms with Crippen LogP contribution in [0.2, 0.25) is 0 Å². The third kappa shape index (κ3) is 2.68. The fraction of sp³-hybridized carbons (Fsp3) is 0.438. The summed E-state index contributed by atoms with van der Waals surface area (Å²) in [7, 11) is 0. The van der Waals surface area contributed by atoms with Crippen molar-refractivity contribution >= 4 is 22.3 Å². The minimum absolute atomic E-state index is 0.0599. The van der Waals surface area contributed by atoms with Crippen LogP contribution in [0.3, 0.4) is 0 Å². The Bertz CT molecular complexity index is 666. The number of pyridine rings is 1. The lowest BCUT2D eigenvalue weighted by Crippen LogP contribution is -2.23. The number of hydrogen-bond acceptors (Lipinski definition) is 4. The van der Waals surface area contributed by atoms with E-state index in [1.165, 1.54) is 25.7 Å². The Balaban J connectivity index is 1.95. The minimum Gasteiger partial charge on any atom is -0.382 e. The quantitative estimate of drug-likeness (QED) is 0.677. The number of nitro groups is 1. The molecule has 1 fully saturated rings. The number of non-ortho nitro benzene ring substituents is 1. The van der Waals surface area contributed by atoms with Crippen LogP contribution in [0.15, 0.2) is 30.5 Å². The molecule has 0 aliphatic heterocycles. The van der Waals surface area contributed by atoms with Gasteiger partial charge in [-0.15, -0.1) is 0 Å². The number of anilines is 1. The number of hydrogen-bond donors (Lipinski definition) is 1. The molecule has 1 aromatic carbocycles. The summed E-state index contributed by atoms with van der Waals surface area (Å²) in [6.07, 6.45) is 6.73. The Morgan fingerprint density at radius 3 is 2.81 bits per heavy atom. The smallest absolute Gasteiger partial charge is 0.295 e. The van der Waals surface area contributed by atoms with Gasteiger partial charge in [-0.3, -0.25) is 10.1 Å². The number of nitrogens with one attached hydrogen (secondary N) is 1. The van der Waals surface area contributed by atoms with Crippen molar-refractivity contribution in [3.05, 3.63) is 40.6 Å². The summed E-state index contributed by atoms with van der Waals surface area (Å²) in [5.41, 5.74) is 1.44. The summed E-state index contributed by atoms with van der Waals surface area (Å²) in [5.74, 6) is 0.687. The Morgan fingerprint density at radius 1 is 1.33 bits per heavy atom. The molecule has 5 nitrogen and oxygen atoms in total. The van der Waals surface area contributed by atoms with Gasteiger partial charge in [-0.1, -0.05) is 12.8 Å². The van der Waals surface area contributed by atoms with E-state index in [1.807, 2.05) is 12.1 Å². The molecule has 1 atom stereocenters. The van der Waals surface area contributed by atoms with E-state index in [1.54, 1.807) is 18.3 Å². The van der Waals surface area contributed by atoms with Gasteiger partial charge < -0.3 is 5.32 Å². The summed E-state index contributed by atoms with van der Waals surface area (Å²) >= 11 is 0. The zero-order chi connectivity index (χ0) is 14.8. The molecule has 110 valence electrons.